The number of aryl methyl sites for hydroxylation is 1. The molecule has 0 fully saturated rings. The Morgan fingerprint density at radius 1 is 1.38 bits per heavy atom. The maximum Gasteiger partial charge on any atom is 0.115 e. The Morgan fingerprint density at radius 3 is 2.38 bits per heavy atom. The maximum atomic E-state index is 5.46. The SMILES string of the molecule is SC(Cl)C(Cl)CCl.SCCc1ccncn1. The molecular weight excluding hydrogens is 307 g/mol. The second-order valence-electron chi connectivity index (χ2n) is 2.72. The van der Waals surface area contributed by atoms with Crippen LogP contribution in [-0.2, 0) is 6.42 Å². The number of halogens is 3. The Labute approximate surface area is 122 Å². The third-order valence-corrected chi connectivity index (χ3v) is 3.55. The maximum absolute atomic E-state index is 5.46. The molecule has 0 amide bonds. The van der Waals surface area contributed by atoms with Crippen molar-refractivity contribution in [1.82, 2.24) is 9.97 Å². The highest BCUT2D eigenvalue weighted by Gasteiger charge is 2.08. The first-order valence-electron chi connectivity index (χ1n) is 4.49. The van der Waals surface area contributed by atoms with Crippen LogP contribution < -0.4 is 0 Å². The molecule has 0 N–H and O–H groups in total. The molecular formula is C9H13Cl3N2S2. The van der Waals surface area contributed by atoms with Crippen LogP contribution >= 0.6 is 60.1 Å². The summed E-state index contributed by atoms with van der Waals surface area (Å²) in [4.78, 5) is 7.80. The number of hydrogen-bond donors (Lipinski definition) is 2. The van der Waals surface area contributed by atoms with Gasteiger partial charge in [-0.3, -0.25) is 0 Å². The zero-order valence-corrected chi connectivity index (χ0v) is 12.5. The van der Waals surface area contributed by atoms with Crippen molar-refractivity contribution in [2.24, 2.45) is 0 Å². The van der Waals surface area contributed by atoms with Crippen LogP contribution in [0.15, 0.2) is 18.6 Å². The van der Waals surface area contributed by atoms with E-state index in [4.69, 9.17) is 34.8 Å². The smallest absolute Gasteiger partial charge is 0.115 e. The topological polar surface area (TPSA) is 25.8 Å². The van der Waals surface area contributed by atoms with Gasteiger partial charge >= 0.3 is 0 Å². The molecule has 1 heterocycles. The summed E-state index contributed by atoms with van der Waals surface area (Å²) >= 11 is 24.0. The molecule has 1 rings (SSSR count). The van der Waals surface area contributed by atoms with Crippen molar-refractivity contribution in [3.05, 3.63) is 24.3 Å². The van der Waals surface area contributed by atoms with Crippen LogP contribution in [-0.4, -0.2) is 31.7 Å². The number of nitrogens with zero attached hydrogens (tertiary/aromatic N) is 2. The van der Waals surface area contributed by atoms with Crippen molar-refractivity contribution >= 4 is 60.1 Å². The van der Waals surface area contributed by atoms with Crippen LogP contribution in [0.2, 0.25) is 0 Å². The molecule has 92 valence electrons. The van der Waals surface area contributed by atoms with Gasteiger partial charge in [-0.1, -0.05) is 0 Å². The lowest BCUT2D eigenvalue weighted by molar-refractivity contribution is 1.01. The van der Waals surface area contributed by atoms with Crippen molar-refractivity contribution in [3.8, 4) is 0 Å². The lowest BCUT2D eigenvalue weighted by Crippen LogP contribution is -2.09. The molecule has 0 radical (unpaired) electrons. The summed E-state index contributed by atoms with van der Waals surface area (Å²) in [5.41, 5.74) is 1.06. The highest BCUT2D eigenvalue weighted by atomic mass is 35.5. The zero-order valence-electron chi connectivity index (χ0n) is 8.43. The average molecular weight is 320 g/mol. The Bertz CT molecular complexity index is 262. The Hall–Kier alpha value is 0.650. The van der Waals surface area contributed by atoms with Gasteiger partial charge in [0.1, 0.15) is 6.33 Å². The van der Waals surface area contributed by atoms with Crippen LogP contribution in [0.1, 0.15) is 5.69 Å². The van der Waals surface area contributed by atoms with E-state index in [0.717, 1.165) is 17.9 Å². The lowest BCUT2D eigenvalue weighted by Gasteiger charge is -2.03. The van der Waals surface area contributed by atoms with E-state index in [0.29, 0.717) is 5.88 Å². The van der Waals surface area contributed by atoms with Gasteiger partial charge < -0.3 is 0 Å². The molecule has 2 nitrogen and oxygen atoms in total. The van der Waals surface area contributed by atoms with E-state index in [1.54, 1.807) is 12.5 Å². The van der Waals surface area contributed by atoms with Gasteiger partial charge in [0.2, 0.25) is 0 Å². The van der Waals surface area contributed by atoms with E-state index in [2.05, 4.69) is 35.2 Å². The summed E-state index contributed by atoms with van der Waals surface area (Å²) in [7, 11) is 0. The van der Waals surface area contributed by atoms with Crippen molar-refractivity contribution < 1.29 is 0 Å². The van der Waals surface area contributed by atoms with Crippen LogP contribution in [0.5, 0.6) is 0 Å². The molecule has 16 heavy (non-hydrogen) atoms. The summed E-state index contributed by atoms with van der Waals surface area (Å²) in [5, 5.41) is -0.230. The number of hydrogen-bond acceptors (Lipinski definition) is 4. The van der Waals surface area contributed by atoms with Gasteiger partial charge in [0, 0.05) is 17.8 Å². The summed E-state index contributed by atoms with van der Waals surface area (Å²) < 4.78 is -0.334. The molecule has 0 aliphatic heterocycles. The molecule has 0 aliphatic rings. The zero-order chi connectivity index (χ0) is 12.4. The quantitative estimate of drug-likeness (QED) is 0.658. The van der Waals surface area contributed by atoms with Crippen LogP contribution in [0.25, 0.3) is 0 Å². The molecule has 0 spiro atoms. The first kappa shape index (κ1) is 16.6. The van der Waals surface area contributed by atoms with E-state index < -0.39 is 0 Å². The fourth-order valence-corrected chi connectivity index (χ4v) is 1.47. The normalized spacial score (nSPS) is 13.6. The third-order valence-electron chi connectivity index (χ3n) is 1.46. The highest BCUT2D eigenvalue weighted by Crippen LogP contribution is 2.13. The molecule has 0 saturated heterocycles. The van der Waals surface area contributed by atoms with Crippen LogP contribution in [0, 0.1) is 0 Å². The predicted molar refractivity (Wildman–Crippen MR) is 78.6 cm³/mol. The van der Waals surface area contributed by atoms with Gasteiger partial charge in [0.05, 0.1) is 10.1 Å². The summed E-state index contributed by atoms with van der Waals surface area (Å²) in [6.07, 6.45) is 4.22. The Balaban J connectivity index is 0.000000293. The Kier molecular flexibility index (Phi) is 11.2. The minimum atomic E-state index is -0.334. The molecule has 0 saturated carbocycles. The summed E-state index contributed by atoms with van der Waals surface area (Å²) in [6, 6.07) is 1.90. The van der Waals surface area contributed by atoms with E-state index in [-0.39, 0.29) is 10.1 Å². The molecule has 1 aromatic rings. The van der Waals surface area contributed by atoms with E-state index >= 15 is 0 Å². The lowest BCUT2D eigenvalue weighted by atomic mass is 10.3. The molecule has 1 aromatic heterocycles. The second kappa shape index (κ2) is 10.8. The van der Waals surface area contributed by atoms with Crippen molar-refractivity contribution in [2.45, 2.75) is 16.5 Å². The van der Waals surface area contributed by atoms with E-state index in [9.17, 15) is 0 Å². The molecule has 7 heteroatoms. The van der Waals surface area contributed by atoms with Gasteiger partial charge in [-0.2, -0.15) is 25.3 Å². The van der Waals surface area contributed by atoms with Crippen molar-refractivity contribution in [2.75, 3.05) is 11.6 Å². The molecule has 0 bridgehead atoms. The van der Waals surface area contributed by atoms with E-state index in [1.165, 1.54) is 0 Å². The summed E-state index contributed by atoms with van der Waals surface area (Å²) in [5.74, 6) is 1.19. The first-order chi connectivity index (χ1) is 7.61. The molecule has 0 aromatic carbocycles. The van der Waals surface area contributed by atoms with Crippen LogP contribution in [0.3, 0.4) is 0 Å². The monoisotopic (exact) mass is 318 g/mol. The second-order valence-corrected chi connectivity index (χ2v) is 5.36. The van der Waals surface area contributed by atoms with Gasteiger partial charge in [0.25, 0.3) is 0 Å². The Morgan fingerprint density at radius 2 is 2.06 bits per heavy atom. The first-order valence-corrected chi connectivity index (χ1v) is 7.05. The number of aromatic nitrogens is 2. The number of thiol groups is 2. The van der Waals surface area contributed by atoms with Gasteiger partial charge in [-0.15, -0.1) is 34.8 Å². The summed E-state index contributed by atoms with van der Waals surface area (Å²) in [6.45, 7) is 0. The predicted octanol–water partition coefficient (Wildman–Crippen LogP) is 3.28. The van der Waals surface area contributed by atoms with Gasteiger partial charge in [0.15, 0.2) is 0 Å². The third kappa shape index (κ3) is 8.76. The van der Waals surface area contributed by atoms with E-state index in [1.807, 2.05) is 6.07 Å². The number of rotatable bonds is 4. The fraction of sp³-hybridized carbons (Fsp3) is 0.556. The fourth-order valence-electron chi connectivity index (χ4n) is 0.654. The highest BCUT2D eigenvalue weighted by molar-refractivity contribution is 7.82. The largest absolute Gasteiger partial charge is 0.245 e. The molecule has 2 atom stereocenters. The van der Waals surface area contributed by atoms with Gasteiger partial charge in [-0.05, 0) is 18.2 Å². The molecule has 0 aliphatic carbocycles. The van der Waals surface area contributed by atoms with Crippen LogP contribution in [0.4, 0.5) is 0 Å². The number of alkyl halides is 3. The minimum absolute atomic E-state index is 0.230. The standard InChI is InChI=1S/C6H8N2S.C3H5Cl3S/c9-4-2-6-1-3-7-5-8-6;4-1-2(5)3(6)7/h1,3,5,9H,2,4H2;2-3,7H,1H2. The van der Waals surface area contributed by atoms with Crippen molar-refractivity contribution in [1.29, 1.82) is 0 Å². The molecule has 2 unspecified atom stereocenters. The minimum Gasteiger partial charge on any atom is -0.245 e. The van der Waals surface area contributed by atoms with Gasteiger partial charge in [-0.25, -0.2) is 9.97 Å². The average Bonchev–Trinajstić information content (AvgIpc) is 2.30. The van der Waals surface area contributed by atoms with Crippen molar-refractivity contribution in [3.63, 3.8) is 0 Å².